The highest BCUT2D eigenvalue weighted by Crippen LogP contribution is 2.45. The van der Waals surface area contributed by atoms with Crippen molar-refractivity contribution >= 4 is 71.6 Å². The van der Waals surface area contributed by atoms with Gasteiger partial charge in [-0.2, -0.15) is 5.26 Å². The molecule has 0 aliphatic rings. The third-order valence-electron chi connectivity index (χ3n) is 8.68. The van der Waals surface area contributed by atoms with Crippen molar-refractivity contribution in [3.8, 4) is 28.3 Å². The van der Waals surface area contributed by atoms with Gasteiger partial charge in [0.2, 0.25) is 5.54 Å². The predicted molar refractivity (Wildman–Crippen MR) is 205 cm³/mol. The number of nitrogens with zero attached hydrogens (tertiary/aromatic N) is 2. The number of benzene rings is 6. The minimum Gasteiger partial charge on any atom is -0.311 e. The van der Waals surface area contributed by atoms with Crippen LogP contribution in [-0.2, 0) is 0 Å². The lowest BCUT2D eigenvalue weighted by Gasteiger charge is -2.22. The first kappa shape index (κ1) is 31.8. The summed E-state index contributed by atoms with van der Waals surface area (Å²) in [6.07, 6.45) is 3.18. The first-order valence-electron chi connectivity index (χ1n) is 15.4. The second kappa shape index (κ2) is 13.7. The maximum Gasteiger partial charge on any atom is 0.228 e. The first-order valence-corrected chi connectivity index (χ1v) is 17.9. The number of nitriles is 1. The molecule has 0 radical (unpaired) electrons. The number of rotatable bonds is 8. The lowest BCUT2D eigenvalue weighted by Crippen LogP contribution is -2.20. The van der Waals surface area contributed by atoms with Crippen LogP contribution in [0.5, 0.6) is 0 Å². The summed E-state index contributed by atoms with van der Waals surface area (Å²) in [5, 5.41) is 17.4. The average molecular weight is 651 g/mol. The van der Waals surface area contributed by atoms with Crippen LogP contribution in [0.4, 0.5) is 0 Å². The van der Waals surface area contributed by atoms with Gasteiger partial charge >= 0.3 is 0 Å². The molecule has 0 aromatic heterocycles. The molecule has 0 spiro atoms. The van der Waals surface area contributed by atoms with E-state index in [2.05, 4.69) is 126 Å². The largest absolute Gasteiger partial charge is 0.311 e. The summed E-state index contributed by atoms with van der Waals surface area (Å²) in [5.41, 5.74) is 5.42. The second-order valence-electron chi connectivity index (χ2n) is 12.3. The summed E-state index contributed by atoms with van der Waals surface area (Å²) in [6, 6.07) is 44.1. The molecule has 5 heteroatoms. The van der Waals surface area contributed by atoms with E-state index in [1.165, 1.54) is 49.0 Å². The van der Waals surface area contributed by atoms with Gasteiger partial charge in [-0.25, -0.2) is 6.57 Å². The zero-order valence-electron chi connectivity index (χ0n) is 26.2. The van der Waals surface area contributed by atoms with Gasteiger partial charge in [0.25, 0.3) is 0 Å². The van der Waals surface area contributed by atoms with E-state index < -0.39 is 5.54 Å². The quantitative estimate of drug-likeness (QED) is 0.0931. The van der Waals surface area contributed by atoms with E-state index >= 15 is 0 Å². The number of thiocarbonyl (C=S) groups is 1. The van der Waals surface area contributed by atoms with Gasteiger partial charge in [0, 0.05) is 25.5 Å². The molecule has 0 heterocycles. The van der Waals surface area contributed by atoms with Gasteiger partial charge < -0.3 is 4.85 Å². The summed E-state index contributed by atoms with van der Waals surface area (Å²) in [6.45, 7) is 11.4. The molecule has 0 aliphatic carbocycles. The van der Waals surface area contributed by atoms with Crippen molar-refractivity contribution in [1.82, 2.24) is 0 Å². The topological polar surface area (TPSA) is 28.1 Å². The van der Waals surface area contributed by atoms with Crippen LogP contribution in [0, 0.1) is 23.8 Å². The van der Waals surface area contributed by atoms with Gasteiger partial charge in [0.1, 0.15) is 3.53 Å². The SMILES string of the molecule is [C-]#[N+]C(C)(C)CC(C#N)CC(SC(=S)SC)c1ccc(-c2c3ccccc3c(-c3ccc4ccccc4c3)c3ccccc23)cc1. The van der Waals surface area contributed by atoms with Crippen LogP contribution >= 0.6 is 35.7 Å². The fourth-order valence-electron chi connectivity index (χ4n) is 6.46. The molecule has 2 atom stereocenters. The smallest absolute Gasteiger partial charge is 0.228 e. The lowest BCUT2D eigenvalue weighted by atomic mass is 9.85. The highest BCUT2D eigenvalue weighted by molar-refractivity contribution is 8.47. The Kier molecular flexibility index (Phi) is 9.48. The summed E-state index contributed by atoms with van der Waals surface area (Å²) in [4.78, 5) is 3.76. The normalized spacial score (nSPS) is 12.9. The first-order chi connectivity index (χ1) is 22.3. The van der Waals surface area contributed by atoms with Gasteiger partial charge in [0.15, 0.2) is 0 Å². The van der Waals surface area contributed by atoms with E-state index in [0.717, 1.165) is 14.7 Å². The molecule has 46 heavy (non-hydrogen) atoms. The number of thioether (sulfide) groups is 2. The van der Waals surface area contributed by atoms with Crippen LogP contribution < -0.4 is 0 Å². The van der Waals surface area contributed by atoms with Crippen molar-refractivity contribution in [3.63, 3.8) is 0 Å². The number of hydrogen-bond acceptors (Lipinski definition) is 4. The Morgan fingerprint density at radius 3 is 1.85 bits per heavy atom. The van der Waals surface area contributed by atoms with E-state index in [9.17, 15) is 5.26 Å². The minimum atomic E-state index is -0.569. The lowest BCUT2D eigenvalue weighted by molar-refractivity contribution is 0.444. The van der Waals surface area contributed by atoms with E-state index in [4.69, 9.17) is 18.8 Å². The Morgan fingerprint density at radius 2 is 1.30 bits per heavy atom. The van der Waals surface area contributed by atoms with Gasteiger partial charge in [0.05, 0.1) is 12.0 Å². The van der Waals surface area contributed by atoms with Crippen molar-refractivity contribution in [2.24, 2.45) is 5.92 Å². The van der Waals surface area contributed by atoms with Crippen LogP contribution in [0.1, 0.15) is 37.5 Å². The van der Waals surface area contributed by atoms with E-state index in [1.807, 2.05) is 20.1 Å². The molecule has 2 nitrogen and oxygen atoms in total. The molecule has 0 aliphatic heterocycles. The summed E-state index contributed by atoms with van der Waals surface area (Å²) in [7, 11) is 0. The molecule has 6 aromatic carbocycles. The zero-order valence-corrected chi connectivity index (χ0v) is 28.6. The maximum atomic E-state index is 10.0. The van der Waals surface area contributed by atoms with Crippen LogP contribution in [0.3, 0.4) is 0 Å². The van der Waals surface area contributed by atoms with Crippen LogP contribution in [0.2, 0.25) is 0 Å². The third-order valence-corrected chi connectivity index (χ3v) is 11.5. The van der Waals surface area contributed by atoms with Crippen molar-refractivity contribution in [2.75, 3.05) is 6.26 Å². The molecule has 0 saturated heterocycles. The Morgan fingerprint density at radius 1 is 0.783 bits per heavy atom. The molecule has 0 saturated carbocycles. The van der Waals surface area contributed by atoms with Crippen molar-refractivity contribution < 1.29 is 0 Å². The maximum absolute atomic E-state index is 10.0. The molecular formula is C41H34N2S3. The van der Waals surface area contributed by atoms with E-state index in [-0.39, 0.29) is 11.2 Å². The third kappa shape index (κ3) is 6.55. The van der Waals surface area contributed by atoms with Gasteiger partial charge in [-0.3, -0.25) is 0 Å². The monoisotopic (exact) mass is 650 g/mol. The summed E-state index contributed by atoms with van der Waals surface area (Å²) in [5.74, 6) is -0.235. The minimum absolute atomic E-state index is 0.0314. The molecule has 6 rings (SSSR count). The van der Waals surface area contributed by atoms with Crippen LogP contribution in [-0.4, -0.2) is 15.3 Å². The van der Waals surface area contributed by atoms with Gasteiger partial charge in [-0.1, -0.05) is 133 Å². The Balaban J connectivity index is 1.46. The highest BCUT2D eigenvalue weighted by Gasteiger charge is 2.31. The molecule has 0 bridgehead atoms. The van der Waals surface area contributed by atoms with Crippen molar-refractivity contribution in [2.45, 2.75) is 37.5 Å². The fourth-order valence-corrected chi connectivity index (χ4v) is 8.40. The Bertz CT molecular complexity index is 2100. The summed E-state index contributed by atoms with van der Waals surface area (Å²) >= 11 is 8.85. The van der Waals surface area contributed by atoms with Crippen LogP contribution in [0.25, 0.3) is 59.4 Å². The van der Waals surface area contributed by atoms with Crippen LogP contribution in [0.15, 0.2) is 115 Å². The standard InChI is InChI=1S/C41H34N2S3/c1-41(2,43-3)25-27(26-42)23-37(46-40(44)45-4)29-18-20-30(21-19-29)38-33-13-7-9-15-35(33)39(36-16-10-8-14-34(36)38)32-22-17-28-11-5-6-12-31(28)24-32/h5-22,24,27,37H,23,25H2,1-2,4H3. The van der Waals surface area contributed by atoms with Crippen molar-refractivity contribution in [1.29, 1.82) is 5.26 Å². The Hall–Kier alpha value is -4.13. The van der Waals surface area contributed by atoms with Crippen molar-refractivity contribution in [3.05, 3.63) is 132 Å². The second-order valence-corrected chi connectivity index (χ2v) is 15.5. The number of fused-ring (bicyclic) bond motifs is 3. The molecule has 6 aromatic rings. The molecular weight excluding hydrogens is 617 g/mol. The molecule has 0 amide bonds. The number of hydrogen-bond donors (Lipinski definition) is 0. The average Bonchev–Trinajstić information content (AvgIpc) is 3.09. The highest BCUT2D eigenvalue weighted by atomic mass is 32.2. The molecule has 0 N–H and O–H groups in total. The summed E-state index contributed by atoms with van der Waals surface area (Å²) < 4.78 is 0.858. The molecule has 0 fully saturated rings. The fraction of sp³-hybridized carbons (Fsp3) is 0.195. The Labute approximate surface area is 285 Å². The van der Waals surface area contributed by atoms with Gasteiger partial charge in [-0.15, -0.1) is 11.8 Å². The van der Waals surface area contributed by atoms with E-state index in [0.29, 0.717) is 12.8 Å². The molecule has 2 unspecified atom stereocenters. The van der Waals surface area contributed by atoms with E-state index in [1.54, 1.807) is 23.5 Å². The predicted octanol–water partition coefficient (Wildman–Crippen LogP) is 12.5. The zero-order chi connectivity index (χ0) is 32.3. The van der Waals surface area contributed by atoms with Gasteiger partial charge in [-0.05, 0) is 78.9 Å². The molecule has 226 valence electrons.